The minimum atomic E-state index is 0.190. The lowest BCUT2D eigenvalue weighted by Crippen LogP contribution is -2.26. The Kier molecular flexibility index (Phi) is 3.32. The van der Waals surface area contributed by atoms with Crippen LogP contribution >= 0.6 is 0 Å². The van der Waals surface area contributed by atoms with Gasteiger partial charge in [0.1, 0.15) is 0 Å². The van der Waals surface area contributed by atoms with E-state index >= 15 is 0 Å². The molecule has 0 spiro atoms. The quantitative estimate of drug-likeness (QED) is 0.717. The number of hydrogen-bond donors (Lipinski definition) is 0. The van der Waals surface area contributed by atoms with Gasteiger partial charge >= 0.3 is 0 Å². The summed E-state index contributed by atoms with van der Waals surface area (Å²) in [5.41, 5.74) is 0.710. The molecule has 2 rings (SSSR count). The Labute approximate surface area is 96.3 Å². The van der Waals surface area contributed by atoms with Crippen LogP contribution in [0.25, 0.3) is 0 Å². The molecule has 1 saturated carbocycles. The summed E-state index contributed by atoms with van der Waals surface area (Å²) >= 11 is 0. The van der Waals surface area contributed by atoms with Crippen molar-refractivity contribution in [3.05, 3.63) is 24.0 Å². The van der Waals surface area contributed by atoms with E-state index in [0.29, 0.717) is 11.5 Å². The maximum Gasteiger partial charge on any atom is 0.167 e. The molecule has 3 heteroatoms. The molecule has 0 aromatic carbocycles. The summed E-state index contributed by atoms with van der Waals surface area (Å²) in [6.45, 7) is 4.52. The zero-order valence-electron chi connectivity index (χ0n) is 9.89. The fraction of sp³-hybridized carbons (Fsp3) is 0.615. The Bertz CT molecular complexity index is 363. The van der Waals surface area contributed by atoms with E-state index in [1.807, 2.05) is 0 Å². The van der Waals surface area contributed by atoms with E-state index in [9.17, 15) is 4.79 Å². The third kappa shape index (κ3) is 2.29. The van der Waals surface area contributed by atoms with Crippen molar-refractivity contribution in [1.82, 2.24) is 10.2 Å². The highest BCUT2D eigenvalue weighted by atomic mass is 16.1. The summed E-state index contributed by atoms with van der Waals surface area (Å²) < 4.78 is 0. The third-order valence-electron chi connectivity index (χ3n) is 3.84. The van der Waals surface area contributed by atoms with Gasteiger partial charge in [-0.25, -0.2) is 0 Å². The molecule has 1 aromatic rings. The third-order valence-corrected chi connectivity index (χ3v) is 3.84. The largest absolute Gasteiger partial charge is 0.294 e. The predicted molar refractivity (Wildman–Crippen MR) is 62.0 cm³/mol. The average molecular weight is 218 g/mol. The van der Waals surface area contributed by atoms with Gasteiger partial charge in [0.25, 0.3) is 0 Å². The zero-order valence-corrected chi connectivity index (χ0v) is 9.89. The van der Waals surface area contributed by atoms with Gasteiger partial charge in [-0.3, -0.25) is 4.79 Å². The van der Waals surface area contributed by atoms with Gasteiger partial charge in [-0.2, -0.15) is 10.2 Å². The van der Waals surface area contributed by atoms with Crippen molar-refractivity contribution in [1.29, 1.82) is 0 Å². The number of carbonyl (C=O) groups excluding carboxylic acids is 1. The normalized spacial score (nSPS) is 30.0. The molecule has 1 aliphatic rings. The summed E-state index contributed by atoms with van der Waals surface area (Å²) in [6, 6.07) is 1.76. The van der Waals surface area contributed by atoms with E-state index in [-0.39, 0.29) is 11.7 Å². The number of carbonyl (C=O) groups is 1. The van der Waals surface area contributed by atoms with Gasteiger partial charge in [0.05, 0.1) is 12.4 Å². The maximum absolute atomic E-state index is 12.2. The van der Waals surface area contributed by atoms with Gasteiger partial charge in [0.15, 0.2) is 5.78 Å². The Balaban J connectivity index is 2.06. The van der Waals surface area contributed by atoms with Crippen LogP contribution in [0.4, 0.5) is 0 Å². The first-order chi connectivity index (χ1) is 7.68. The molecule has 1 aromatic heterocycles. The molecular weight excluding hydrogens is 200 g/mol. The number of ketones is 1. The van der Waals surface area contributed by atoms with Crippen molar-refractivity contribution in [3.8, 4) is 0 Å². The highest BCUT2D eigenvalue weighted by Gasteiger charge is 2.29. The first-order valence-electron chi connectivity index (χ1n) is 5.99. The molecular formula is C13H18N2O. The molecule has 86 valence electrons. The predicted octanol–water partition coefficient (Wildman–Crippen LogP) is 2.73. The summed E-state index contributed by atoms with van der Waals surface area (Å²) in [5.74, 6) is 1.83. The average Bonchev–Trinajstić information content (AvgIpc) is 2.33. The van der Waals surface area contributed by atoms with Crippen molar-refractivity contribution < 1.29 is 4.79 Å². The highest BCUT2D eigenvalue weighted by Crippen LogP contribution is 2.34. The Morgan fingerprint density at radius 3 is 2.69 bits per heavy atom. The SMILES string of the molecule is CC1CCC(C(=O)c2ccnnc2)CC1C. The van der Waals surface area contributed by atoms with E-state index < -0.39 is 0 Å². The van der Waals surface area contributed by atoms with Gasteiger partial charge in [0, 0.05) is 11.5 Å². The van der Waals surface area contributed by atoms with Crippen LogP contribution in [0.1, 0.15) is 43.5 Å². The lowest BCUT2D eigenvalue weighted by molar-refractivity contribution is 0.0837. The van der Waals surface area contributed by atoms with E-state index in [1.54, 1.807) is 18.5 Å². The molecule has 3 atom stereocenters. The van der Waals surface area contributed by atoms with Crippen LogP contribution in [0, 0.1) is 17.8 Å². The van der Waals surface area contributed by atoms with E-state index in [0.717, 1.165) is 25.2 Å². The van der Waals surface area contributed by atoms with E-state index in [4.69, 9.17) is 0 Å². The van der Waals surface area contributed by atoms with Crippen LogP contribution in [0.2, 0.25) is 0 Å². The maximum atomic E-state index is 12.2. The second-order valence-electron chi connectivity index (χ2n) is 4.96. The zero-order chi connectivity index (χ0) is 11.5. The smallest absolute Gasteiger partial charge is 0.167 e. The Morgan fingerprint density at radius 1 is 1.25 bits per heavy atom. The van der Waals surface area contributed by atoms with Crippen molar-refractivity contribution in [2.24, 2.45) is 17.8 Å². The molecule has 0 amide bonds. The van der Waals surface area contributed by atoms with Crippen LogP contribution in [0.15, 0.2) is 18.5 Å². The number of aromatic nitrogens is 2. The van der Waals surface area contributed by atoms with Crippen LogP contribution < -0.4 is 0 Å². The van der Waals surface area contributed by atoms with Crippen LogP contribution in [-0.2, 0) is 0 Å². The first kappa shape index (κ1) is 11.2. The van der Waals surface area contributed by atoms with Gasteiger partial charge in [-0.1, -0.05) is 13.8 Å². The molecule has 16 heavy (non-hydrogen) atoms. The highest BCUT2D eigenvalue weighted by molar-refractivity contribution is 5.97. The topological polar surface area (TPSA) is 42.9 Å². The summed E-state index contributed by atoms with van der Waals surface area (Å²) in [6.07, 6.45) is 6.36. The summed E-state index contributed by atoms with van der Waals surface area (Å²) in [7, 11) is 0. The van der Waals surface area contributed by atoms with Crippen molar-refractivity contribution in [3.63, 3.8) is 0 Å². The van der Waals surface area contributed by atoms with Crippen molar-refractivity contribution in [2.45, 2.75) is 33.1 Å². The van der Waals surface area contributed by atoms with Gasteiger partial charge in [-0.05, 0) is 37.2 Å². The number of rotatable bonds is 2. The molecule has 0 N–H and O–H groups in total. The molecule has 3 unspecified atom stereocenters. The molecule has 1 heterocycles. The van der Waals surface area contributed by atoms with Gasteiger partial charge in [-0.15, -0.1) is 0 Å². The molecule has 1 aliphatic carbocycles. The minimum absolute atomic E-state index is 0.190. The molecule has 0 radical (unpaired) electrons. The fourth-order valence-electron chi connectivity index (χ4n) is 2.46. The van der Waals surface area contributed by atoms with Crippen LogP contribution in [0.3, 0.4) is 0 Å². The summed E-state index contributed by atoms with van der Waals surface area (Å²) in [5, 5.41) is 7.46. The van der Waals surface area contributed by atoms with Crippen molar-refractivity contribution in [2.75, 3.05) is 0 Å². The Hall–Kier alpha value is -1.25. The summed E-state index contributed by atoms with van der Waals surface area (Å²) in [4.78, 5) is 12.2. The molecule has 0 saturated heterocycles. The molecule has 0 aliphatic heterocycles. The molecule has 1 fully saturated rings. The molecule has 3 nitrogen and oxygen atoms in total. The second kappa shape index (κ2) is 4.73. The van der Waals surface area contributed by atoms with Crippen LogP contribution in [0.5, 0.6) is 0 Å². The minimum Gasteiger partial charge on any atom is -0.294 e. The number of Topliss-reactive ketones (excluding diaryl/α,β-unsaturated/α-hetero) is 1. The number of hydrogen-bond acceptors (Lipinski definition) is 3. The Morgan fingerprint density at radius 2 is 2.06 bits per heavy atom. The number of nitrogens with zero attached hydrogens (tertiary/aromatic N) is 2. The van der Waals surface area contributed by atoms with Crippen LogP contribution in [-0.4, -0.2) is 16.0 Å². The molecule has 0 bridgehead atoms. The second-order valence-corrected chi connectivity index (χ2v) is 4.96. The monoisotopic (exact) mass is 218 g/mol. The standard InChI is InChI=1S/C13H18N2O/c1-9-3-4-11(7-10(9)2)13(16)12-5-6-14-15-8-12/h5-6,8-11H,3-4,7H2,1-2H3. The van der Waals surface area contributed by atoms with E-state index in [2.05, 4.69) is 24.0 Å². The van der Waals surface area contributed by atoms with Gasteiger partial charge < -0.3 is 0 Å². The van der Waals surface area contributed by atoms with E-state index in [1.165, 1.54) is 0 Å². The lowest BCUT2D eigenvalue weighted by Gasteiger charge is -2.31. The van der Waals surface area contributed by atoms with Gasteiger partial charge in [0.2, 0.25) is 0 Å². The lowest BCUT2D eigenvalue weighted by atomic mass is 9.73. The first-order valence-corrected chi connectivity index (χ1v) is 5.99. The fourth-order valence-corrected chi connectivity index (χ4v) is 2.46. The van der Waals surface area contributed by atoms with Crippen molar-refractivity contribution >= 4 is 5.78 Å².